The Bertz CT molecular complexity index is 530. The quantitative estimate of drug-likeness (QED) is 0.862. The number of rotatable bonds is 3. The highest BCUT2D eigenvalue weighted by molar-refractivity contribution is 7.09. The van der Waals surface area contributed by atoms with Crippen LogP contribution in [0.4, 0.5) is 5.69 Å². The first-order valence-corrected chi connectivity index (χ1v) is 6.07. The third-order valence-electron chi connectivity index (χ3n) is 2.49. The van der Waals surface area contributed by atoms with Gasteiger partial charge in [0.05, 0.1) is 17.9 Å². The minimum Gasteiger partial charge on any atom is -0.395 e. The molecule has 0 spiro atoms. The number of nitrogens with one attached hydrogen (secondary N) is 1. The molecule has 0 aliphatic rings. The van der Waals surface area contributed by atoms with Crippen LogP contribution in [0.5, 0.6) is 0 Å². The normalized spacial score (nSPS) is 10.5. The van der Waals surface area contributed by atoms with Crippen LogP contribution in [0.3, 0.4) is 0 Å². The first kappa shape index (κ1) is 11.7. The van der Waals surface area contributed by atoms with Gasteiger partial charge in [-0.05, 0) is 18.4 Å². The molecule has 0 unspecified atom stereocenters. The Kier molecular flexibility index (Phi) is 3.14. The second-order valence-corrected chi connectivity index (χ2v) is 4.77. The number of hydrogen-bond acceptors (Lipinski definition) is 4. The number of amides is 1. The third-order valence-corrected chi connectivity index (χ3v) is 3.36. The van der Waals surface area contributed by atoms with Gasteiger partial charge in [0.25, 0.3) is 5.91 Å². The zero-order valence-corrected chi connectivity index (χ0v) is 10.5. The number of nitrogens with zero attached hydrogens (tertiary/aromatic N) is 2. The molecule has 5 nitrogen and oxygen atoms in total. The van der Waals surface area contributed by atoms with Gasteiger partial charge >= 0.3 is 0 Å². The molecule has 2 rings (SSSR count). The van der Waals surface area contributed by atoms with Gasteiger partial charge in [0.15, 0.2) is 0 Å². The molecule has 0 saturated heterocycles. The largest absolute Gasteiger partial charge is 0.395 e. The van der Waals surface area contributed by atoms with E-state index in [9.17, 15) is 4.79 Å². The monoisotopic (exact) mass is 250 g/mol. The van der Waals surface area contributed by atoms with Crippen molar-refractivity contribution in [3.05, 3.63) is 33.8 Å². The maximum Gasteiger partial charge on any atom is 0.271 e. The Labute approximate surface area is 103 Å². The minimum absolute atomic E-state index is 0.195. The van der Waals surface area contributed by atoms with Crippen molar-refractivity contribution in [1.29, 1.82) is 0 Å². The maximum atomic E-state index is 11.9. The van der Waals surface area contributed by atoms with Crippen molar-refractivity contribution in [2.24, 2.45) is 7.05 Å². The van der Waals surface area contributed by atoms with Crippen molar-refractivity contribution in [1.82, 2.24) is 15.1 Å². The fourth-order valence-corrected chi connectivity index (χ4v) is 2.25. The van der Waals surface area contributed by atoms with Crippen LogP contribution in [-0.4, -0.2) is 15.7 Å². The molecule has 2 aromatic rings. The number of anilines is 1. The summed E-state index contributed by atoms with van der Waals surface area (Å²) in [4.78, 5) is 13.1. The fraction of sp³-hybridized carbons (Fsp3) is 0.273. The van der Waals surface area contributed by atoms with Gasteiger partial charge in [-0.15, -0.1) is 11.3 Å². The second kappa shape index (κ2) is 4.58. The molecule has 0 bridgehead atoms. The summed E-state index contributed by atoms with van der Waals surface area (Å²) < 4.78 is 1.51. The zero-order valence-electron chi connectivity index (χ0n) is 9.73. The number of hydrogen-bond donors (Lipinski definition) is 2. The van der Waals surface area contributed by atoms with Crippen LogP contribution in [0.25, 0.3) is 0 Å². The Hall–Kier alpha value is -1.82. The maximum absolute atomic E-state index is 11.9. The van der Waals surface area contributed by atoms with Crippen LogP contribution in [0, 0.1) is 6.92 Å². The summed E-state index contributed by atoms with van der Waals surface area (Å²) in [5.41, 5.74) is 7.34. The molecule has 17 heavy (non-hydrogen) atoms. The molecule has 3 N–H and O–H groups in total. The molecule has 90 valence electrons. The lowest BCUT2D eigenvalue weighted by Gasteiger charge is -2.04. The van der Waals surface area contributed by atoms with Crippen molar-refractivity contribution in [3.63, 3.8) is 0 Å². The molecule has 6 heteroatoms. The minimum atomic E-state index is -0.195. The average molecular weight is 250 g/mol. The summed E-state index contributed by atoms with van der Waals surface area (Å²) >= 11 is 1.61. The molecule has 0 aliphatic carbocycles. The van der Waals surface area contributed by atoms with Gasteiger partial charge in [-0.3, -0.25) is 9.48 Å². The SMILES string of the molecule is Cc1nn(C)c(C(=O)NCc2cccs2)c1N. The van der Waals surface area contributed by atoms with Gasteiger partial charge in [-0.1, -0.05) is 6.07 Å². The van der Waals surface area contributed by atoms with E-state index in [0.717, 1.165) is 4.88 Å². The molecule has 0 radical (unpaired) electrons. The van der Waals surface area contributed by atoms with E-state index < -0.39 is 0 Å². The first-order valence-electron chi connectivity index (χ1n) is 5.19. The molecular weight excluding hydrogens is 236 g/mol. The van der Waals surface area contributed by atoms with Crippen LogP contribution >= 0.6 is 11.3 Å². The summed E-state index contributed by atoms with van der Waals surface area (Å²) in [6.45, 7) is 2.30. The smallest absolute Gasteiger partial charge is 0.271 e. The summed E-state index contributed by atoms with van der Waals surface area (Å²) in [5, 5.41) is 8.91. The lowest BCUT2D eigenvalue weighted by molar-refractivity contribution is 0.0943. The van der Waals surface area contributed by atoms with E-state index in [2.05, 4.69) is 10.4 Å². The Morgan fingerprint density at radius 3 is 2.94 bits per heavy atom. The van der Waals surface area contributed by atoms with Gasteiger partial charge in [0, 0.05) is 11.9 Å². The highest BCUT2D eigenvalue weighted by Crippen LogP contribution is 2.15. The van der Waals surface area contributed by atoms with Gasteiger partial charge in [0.2, 0.25) is 0 Å². The Balaban J connectivity index is 2.10. The zero-order chi connectivity index (χ0) is 12.4. The fourth-order valence-electron chi connectivity index (χ4n) is 1.61. The molecule has 2 aromatic heterocycles. The van der Waals surface area contributed by atoms with Crippen molar-refractivity contribution >= 4 is 22.9 Å². The summed E-state index contributed by atoms with van der Waals surface area (Å²) in [6.07, 6.45) is 0. The van der Waals surface area contributed by atoms with Gasteiger partial charge in [0.1, 0.15) is 5.69 Å². The van der Waals surface area contributed by atoms with Crippen molar-refractivity contribution in [2.45, 2.75) is 13.5 Å². The number of aryl methyl sites for hydroxylation is 2. The highest BCUT2D eigenvalue weighted by atomic mass is 32.1. The van der Waals surface area contributed by atoms with E-state index >= 15 is 0 Å². The molecule has 0 aromatic carbocycles. The molecular formula is C11H14N4OS. The number of thiophene rings is 1. The second-order valence-electron chi connectivity index (χ2n) is 3.73. The number of nitrogens with two attached hydrogens (primary N) is 1. The number of nitrogen functional groups attached to an aromatic ring is 1. The van der Waals surface area contributed by atoms with E-state index in [0.29, 0.717) is 23.6 Å². The average Bonchev–Trinajstić information content (AvgIpc) is 2.86. The standard InChI is InChI=1S/C11H14N4OS/c1-7-9(12)10(15(2)14-7)11(16)13-6-8-4-3-5-17-8/h3-5H,6,12H2,1-2H3,(H,13,16). The number of aromatic nitrogens is 2. The molecule has 1 amide bonds. The van der Waals surface area contributed by atoms with Crippen LogP contribution in [0.15, 0.2) is 17.5 Å². The van der Waals surface area contributed by atoms with Gasteiger partial charge in [-0.2, -0.15) is 5.10 Å². The predicted octanol–water partition coefficient (Wildman–Crippen LogP) is 1.30. The van der Waals surface area contributed by atoms with E-state index in [-0.39, 0.29) is 5.91 Å². The van der Waals surface area contributed by atoms with Crippen LogP contribution in [0.1, 0.15) is 21.1 Å². The summed E-state index contributed by atoms with van der Waals surface area (Å²) in [6, 6.07) is 3.93. The van der Waals surface area contributed by atoms with E-state index in [4.69, 9.17) is 5.73 Å². The van der Waals surface area contributed by atoms with Crippen molar-refractivity contribution < 1.29 is 4.79 Å². The number of carbonyl (C=O) groups is 1. The Morgan fingerprint density at radius 2 is 2.41 bits per heavy atom. The van der Waals surface area contributed by atoms with E-state index in [1.165, 1.54) is 4.68 Å². The third kappa shape index (κ3) is 2.31. The van der Waals surface area contributed by atoms with E-state index in [1.807, 2.05) is 17.5 Å². The van der Waals surface area contributed by atoms with E-state index in [1.54, 1.807) is 25.3 Å². The van der Waals surface area contributed by atoms with Crippen LogP contribution in [0.2, 0.25) is 0 Å². The molecule has 0 fully saturated rings. The van der Waals surface area contributed by atoms with Crippen molar-refractivity contribution in [2.75, 3.05) is 5.73 Å². The molecule has 0 aliphatic heterocycles. The molecule has 0 saturated carbocycles. The highest BCUT2D eigenvalue weighted by Gasteiger charge is 2.17. The number of carbonyl (C=O) groups excluding carboxylic acids is 1. The molecule has 0 atom stereocenters. The molecule has 2 heterocycles. The summed E-state index contributed by atoms with van der Waals surface area (Å²) in [5.74, 6) is -0.195. The van der Waals surface area contributed by atoms with Gasteiger partial charge in [-0.25, -0.2) is 0 Å². The topological polar surface area (TPSA) is 72.9 Å². The summed E-state index contributed by atoms with van der Waals surface area (Å²) in [7, 11) is 1.71. The lowest BCUT2D eigenvalue weighted by Crippen LogP contribution is -2.25. The van der Waals surface area contributed by atoms with Gasteiger partial charge < -0.3 is 11.1 Å². The van der Waals surface area contributed by atoms with Crippen LogP contribution in [-0.2, 0) is 13.6 Å². The lowest BCUT2D eigenvalue weighted by atomic mass is 10.3. The van der Waals surface area contributed by atoms with Crippen molar-refractivity contribution in [3.8, 4) is 0 Å². The first-order chi connectivity index (χ1) is 8.09. The predicted molar refractivity (Wildman–Crippen MR) is 67.8 cm³/mol. The Morgan fingerprint density at radius 1 is 1.65 bits per heavy atom. The van der Waals surface area contributed by atoms with Crippen LogP contribution < -0.4 is 11.1 Å².